The number of hydrazone groups is 1. The van der Waals surface area contributed by atoms with Crippen LogP contribution in [0, 0.1) is 0 Å². The maximum atomic E-state index is 12.6. The normalized spacial score (nSPS) is 17.2. The number of azo groups is 1. The summed E-state index contributed by atoms with van der Waals surface area (Å²) in [5.41, 5.74) is 0.259. The van der Waals surface area contributed by atoms with Gasteiger partial charge in [-0.1, -0.05) is 18.2 Å². The van der Waals surface area contributed by atoms with E-state index in [2.05, 4.69) is 15.3 Å². The van der Waals surface area contributed by atoms with Gasteiger partial charge in [0.05, 0.1) is 27.5 Å². The molecular weight excluding hydrogens is 388 g/mol. The van der Waals surface area contributed by atoms with Crippen molar-refractivity contribution < 1.29 is 27.7 Å². The van der Waals surface area contributed by atoms with Crippen molar-refractivity contribution in [1.82, 2.24) is 0 Å². The fourth-order valence-electron chi connectivity index (χ4n) is 2.50. The number of amides is 1. The van der Waals surface area contributed by atoms with Crippen LogP contribution in [0.2, 0.25) is 0 Å². The summed E-state index contributed by atoms with van der Waals surface area (Å²) in [5, 5.41) is 22.3. The van der Waals surface area contributed by atoms with Gasteiger partial charge >= 0.3 is 5.97 Å². The van der Waals surface area contributed by atoms with Crippen LogP contribution in [0.1, 0.15) is 17.3 Å². The third-order valence-electron chi connectivity index (χ3n) is 3.87. The molecule has 0 fully saturated rings. The molecule has 0 saturated carbocycles. The Bertz CT molecular complexity index is 1110. The molecular formula is C17H14N4O6S. The van der Waals surface area contributed by atoms with Gasteiger partial charge in [0, 0.05) is 0 Å². The average Bonchev–Trinajstić information content (AvgIpc) is 2.93. The molecule has 2 aromatic rings. The summed E-state index contributed by atoms with van der Waals surface area (Å²) < 4.78 is 31.4. The summed E-state index contributed by atoms with van der Waals surface area (Å²) >= 11 is 0. The van der Waals surface area contributed by atoms with Crippen molar-refractivity contribution in [2.75, 3.05) is 5.01 Å². The zero-order valence-corrected chi connectivity index (χ0v) is 15.2. The minimum Gasteiger partial charge on any atom is -0.478 e. The van der Waals surface area contributed by atoms with Crippen LogP contribution in [0.25, 0.3) is 0 Å². The maximum Gasteiger partial charge on any atom is 0.338 e. The number of aromatic carboxylic acids is 1. The van der Waals surface area contributed by atoms with E-state index in [1.807, 2.05) is 0 Å². The standard InChI is InChI=1S/C17H14N4O6S/c1-10-15(16(22)21(20-10)11-5-3-2-4-6-11)19-18-14-8-7-12(28(25,26)27)9-13(14)17(23)24/h2-9,15H,1H3,(H,23,24)(H,25,26,27). The maximum absolute atomic E-state index is 12.6. The second kappa shape index (κ2) is 7.29. The molecule has 144 valence electrons. The fraction of sp³-hybridized carbons (Fsp3) is 0.118. The number of carbonyl (C=O) groups is 2. The first kappa shape index (κ1) is 19.3. The van der Waals surface area contributed by atoms with Gasteiger partial charge in [-0.3, -0.25) is 9.35 Å². The molecule has 0 bridgehead atoms. The Hall–Kier alpha value is -3.44. The molecule has 1 aliphatic rings. The lowest BCUT2D eigenvalue weighted by molar-refractivity contribution is -0.117. The Morgan fingerprint density at radius 1 is 1.18 bits per heavy atom. The predicted molar refractivity (Wildman–Crippen MR) is 98.6 cm³/mol. The Morgan fingerprint density at radius 2 is 1.86 bits per heavy atom. The summed E-state index contributed by atoms with van der Waals surface area (Å²) in [6, 6.07) is 10.5. The number of carbonyl (C=O) groups excluding carboxylic acids is 1. The van der Waals surface area contributed by atoms with Crippen molar-refractivity contribution >= 4 is 39.1 Å². The van der Waals surface area contributed by atoms with Crippen LogP contribution in [0.3, 0.4) is 0 Å². The second-order valence-corrected chi connectivity index (χ2v) is 7.23. The first-order chi connectivity index (χ1) is 13.2. The molecule has 0 radical (unpaired) electrons. The van der Waals surface area contributed by atoms with Gasteiger partial charge in [-0.25, -0.2) is 4.79 Å². The minimum absolute atomic E-state index is 0.168. The van der Waals surface area contributed by atoms with Gasteiger partial charge in [-0.05, 0) is 37.3 Å². The SMILES string of the molecule is CC1=NN(c2ccccc2)C(=O)C1N=Nc1ccc(S(=O)(=O)O)cc1C(=O)O. The van der Waals surface area contributed by atoms with E-state index in [1.54, 1.807) is 37.3 Å². The molecule has 10 nitrogen and oxygen atoms in total. The lowest BCUT2D eigenvalue weighted by atomic mass is 10.2. The predicted octanol–water partition coefficient (Wildman–Crippen LogP) is 2.51. The molecule has 2 aromatic carbocycles. The molecule has 1 unspecified atom stereocenters. The number of carboxylic acid groups (broad SMARTS) is 1. The lowest BCUT2D eigenvalue weighted by Crippen LogP contribution is -2.29. The number of carboxylic acids is 1. The zero-order chi connectivity index (χ0) is 20.5. The van der Waals surface area contributed by atoms with Crippen molar-refractivity contribution in [2.45, 2.75) is 17.9 Å². The summed E-state index contributed by atoms with van der Waals surface area (Å²) in [6.45, 7) is 1.59. The van der Waals surface area contributed by atoms with Crippen LogP contribution in [0.15, 0.2) is 68.8 Å². The minimum atomic E-state index is -4.58. The Morgan fingerprint density at radius 3 is 2.46 bits per heavy atom. The molecule has 1 atom stereocenters. The zero-order valence-electron chi connectivity index (χ0n) is 14.4. The molecule has 1 aliphatic heterocycles. The summed E-state index contributed by atoms with van der Waals surface area (Å²) in [6.07, 6.45) is 0. The molecule has 3 rings (SSSR count). The van der Waals surface area contributed by atoms with Crippen molar-refractivity contribution in [3.63, 3.8) is 0 Å². The van der Waals surface area contributed by atoms with Crippen molar-refractivity contribution in [1.29, 1.82) is 0 Å². The van der Waals surface area contributed by atoms with Gasteiger partial charge in [-0.15, -0.1) is 0 Å². The fourth-order valence-corrected chi connectivity index (χ4v) is 3.00. The highest BCUT2D eigenvalue weighted by Crippen LogP contribution is 2.26. The molecule has 0 aromatic heterocycles. The molecule has 11 heteroatoms. The van der Waals surface area contributed by atoms with Crippen LogP contribution in [-0.4, -0.2) is 41.7 Å². The first-order valence-electron chi connectivity index (χ1n) is 7.88. The van der Waals surface area contributed by atoms with Gasteiger partial charge < -0.3 is 5.11 Å². The largest absolute Gasteiger partial charge is 0.478 e. The van der Waals surface area contributed by atoms with Crippen molar-refractivity contribution in [3.05, 3.63) is 54.1 Å². The van der Waals surface area contributed by atoms with Crippen LogP contribution in [0.4, 0.5) is 11.4 Å². The van der Waals surface area contributed by atoms with E-state index in [-0.39, 0.29) is 5.69 Å². The number of anilines is 1. The highest BCUT2D eigenvalue weighted by atomic mass is 32.2. The number of rotatable bonds is 5. The topological polar surface area (TPSA) is 149 Å². The molecule has 1 heterocycles. The van der Waals surface area contributed by atoms with Gasteiger partial charge in [0.25, 0.3) is 16.0 Å². The average molecular weight is 402 g/mol. The van der Waals surface area contributed by atoms with E-state index in [9.17, 15) is 23.1 Å². The smallest absolute Gasteiger partial charge is 0.338 e. The number of para-hydroxylation sites is 1. The van der Waals surface area contributed by atoms with E-state index in [4.69, 9.17) is 4.55 Å². The first-order valence-corrected chi connectivity index (χ1v) is 9.32. The lowest BCUT2D eigenvalue weighted by Gasteiger charge is -2.11. The highest BCUT2D eigenvalue weighted by molar-refractivity contribution is 7.85. The third-order valence-corrected chi connectivity index (χ3v) is 4.72. The molecule has 1 amide bonds. The van der Waals surface area contributed by atoms with E-state index < -0.39 is 38.5 Å². The Labute approximate surface area is 159 Å². The van der Waals surface area contributed by atoms with Crippen molar-refractivity contribution in [2.24, 2.45) is 15.3 Å². The van der Waals surface area contributed by atoms with Crippen LogP contribution in [0.5, 0.6) is 0 Å². The number of nitrogens with zero attached hydrogens (tertiary/aromatic N) is 4. The monoisotopic (exact) mass is 402 g/mol. The third kappa shape index (κ3) is 3.80. The summed E-state index contributed by atoms with van der Waals surface area (Å²) in [5.74, 6) is -1.92. The summed E-state index contributed by atoms with van der Waals surface area (Å²) in [4.78, 5) is 23.4. The molecule has 0 aliphatic carbocycles. The number of benzene rings is 2. The molecule has 0 saturated heterocycles. The Balaban J connectivity index is 1.91. The van der Waals surface area contributed by atoms with E-state index >= 15 is 0 Å². The number of hydrogen-bond donors (Lipinski definition) is 2. The summed E-state index contributed by atoms with van der Waals surface area (Å²) in [7, 11) is -4.58. The van der Waals surface area contributed by atoms with Gasteiger partial charge in [0.15, 0.2) is 6.04 Å². The van der Waals surface area contributed by atoms with Crippen LogP contribution < -0.4 is 5.01 Å². The Kier molecular flexibility index (Phi) is 5.03. The van der Waals surface area contributed by atoms with Crippen molar-refractivity contribution in [3.8, 4) is 0 Å². The number of hydrogen-bond acceptors (Lipinski definition) is 7. The quantitative estimate of drug-likeness (QED) is 0.579. The molecule has 2 N–H and O–H groups in total. The molecule has 0 spiro atoms. The second-order valence-electron chi connectivity index (χ2n) is 5.80. The van der Waals surface area contributed by atoms with Gasteiger partial charge in [-0.2, -0.15) is 28.8 Å². The highest BCUT2D eigenvalue weighted by Gasteiger charge is 2.34. The van der Waals surface area contributed by atoms with Gasteiger partial charge in [0.1, 0.15) is 0 Å². The molecule has 28 heavy (non-hydrogen) atoms. The van der Waals surface area contributed by atoms with Crippen LogP contribution in [-0.2, 0) is 14.9 Å². The van der Waals surface area contributed by atoms with Crippen LogP contribution >= 0.6 is 0 Å². The van der Waals surface area contributed by atoms with Gasteiger partial charge in [0.2, 0.25) is 0 Å². The van der Waals surface area contributed by atoms with E-state index in [1.165, 1.54) is 5.01 Å². The van der Waals surface area contributed by atoms with E-state index in [0.717, 1.165) is 18.2 Å². The van der Waals surface area contributed by atoms with E-state index in [0.29, 0.717) is 11.4 Å².